The van der Waals surface area contributed by atoms with E-state index in [2.05, 4.69) is 6.58 Å². The van der Waals surface area contributed by atoms with Crippen LogP contribution in [-0.4, -0.2) is 5.97 Å². The summed E-state index contributed by atoms with van der Waals surface area (Å²) in [5.41, 5.74) is 3.69. The third-order valence-corrected chi connectivity index (χ3v) is 2.34. The summed E-state index contributed by atoms with van der Waals surface area (Å²) in [5.74, 6) is 0.243. The summed E-state index contributed by atoms with van der Waals surface area (Å²) >= 11 is 0. The Balaban J connectivity index is 3.01. The maximum absolute atomic E-state index is 11.3. The van der Waals surface area contributed by atoms with Crippen molar-refractivity contribution in [3.8, 4) is 5.75 Å². The molecule has 0 bridgehead atoms. The van der Waals surface area contributed by atoms with Crippen molar-refractivity contribution in [3.05, 3.63) is 41.0 Å². The number of hydrogen-bond acceptors (Lipinski definition) is 2. The Morgan fingerprint density at radius 1 is 1.13 bits per heavy atom. The van der Waals surface area contributed by atoms with Crippen LogP contribution in [0.1, 0.15) is 23.6 Å². The van der Waals surface area contributed by atoms with Crippen LogP contribution in [0.3, 0.4) is 0 Å². The van der Waals surface area contributed by atoms with Gasteiger partial charge in [-0.1, -0.05) is 12.6 Å². The smallest absolute Gasteiger partial charge is 0.338 e. The molecule has 0 atom stereocenters. The number of hydrogen-bond donors (Lipinski definition) is 0. The minimum absolute atomic E-state index is 0.374. The molecule has 0 unspecified atom stereocenters. The van der Waals surface area contributed by atoms with Gasteiger partial charge in [0.25, 0.3) is 0 Å². The molecular weight excluding hydrogens is 188 g/mol. The molecule has 1 rings (SSSR count). The maximum Gasteiger partial charge on any atom is 0.338 e. The highest BCUT2D eigenvalue weighted by molar-refractivity contribution is 5.89. The molecule has 0 heterocycles. The van der Waals surface area contributed by atoms with Gasteiger partial charge >= 0.3 is 5.97 Å². The molecule has 0 saturated carbocycles. The molecular formula is C13H16O2. The lowest BCUT2D eigenvalue weighted by molar-refractivity contribution is -0.130. The molecule has 0 radical (unpaired) electrons. The number of carbonyl (C=O) groups excluding carboxylic acids is 1. The lowest BCUT2D eigenvalue weighted by atomic mass is 10.1. The van der Waals surface area contributed by atoms with E-state index in [1.54, 1.807) is 6.92 Å². The summed E-state index contributed by atoms with van der Waals surface area (Å²) in [6.07, 6.45) is 0. The van der Waals surface area contributed by atoms with Crippen LogP contribution in [0, 0.1) is 20.8 Å². The predicted molar refractivity (Wildman–Crippen MR) is 61.1 cm³/mol. The fourth-order valence-electron chi connectivity index (χ4n) is 1.23. The normalized spacial score (nSPS) is 9.87. The fraction of sp³-hybridized carbons (Fsp3) is 0.308. The van der Waals surface area contributed by atoms with Crippen molar-refractivity contribution in [1.82, 2.24) is 0 Å². The van der Waals surface area contributed by atoms with Crippen LogP contribution in [-0.2, 0) is 4.79 Å². The standard InChI is InChI=1S/C13H16O2/c1-8(2)13(14)15-12-7-10(4)9(3)6-11(12)5/h6-7H,1H2,2-5H3. The van der Waals surface area contributed by atoms with Crippen LogP contribution in [0.15, 0.2) is 24.3 Å². The van der Waals surface area contributed by atoms with Gasteiger partial charge in [0.15, 0.2) is 0 Å². The van der Waals surface area contributed by atoms with Gasteiger partial charge in [0, 0.05) is 5.57 Å². The molecule has 0 spiro atoms. The molecule has 2 nitrogen and oxygen atoms in total. The molecule has 0 aliphatic heterocycles. The highest BCUT2D eigenvalue weighted by Gasteiger charge is 2.08. The van der Waals surface area contributed by atoms with Gasteiger partial charge in [-0.25, -0.2) is 4.79 Å². The highest BCUT2D eigenvalue weighted by Crippen LogP contribution is 2.22. The van der Waals surface area contributed by atoms with Gasteiger partial charge in [-0.05, 0) is 50.5 Å². The second kappa shape index (κ2) is 4.30. The van der Waals surface area contributed by atoms with Crippen molar-refractivity contribution < 1.29 is 9.53 Å². The molecule has 0 aromatic heterocycles. The van der Waals surface area contributed by atoms with Crippen molar-refractivity contribution in [2.75, 3.05) is 0 Å². The van der Waals surface area contributed by atoms with Gasteiger partial charge in [0.05, 0.1) is 0 Å². The SMILES string of the molecule is C=C(C)C(=O)Oc1cc(C)c(C)cc1C. The van der Waals surface area contributed by atoms with Crippen LogP contribution in [0.25, 0.3) is 0 Å². The highest BCUT2D eigenvalue weighted by atomic mass is 16.5. The Labute approximate surface area is 90.6 Å². The molecule has 2 heteroatoms. The number of rotatable bonds is 2. The third-order valence-electron chi connectivity index (χ3n) is 2.34. The summed E-state index contributed by atoms with van der Waals surface area (Å²) in [4.78, 5) is 11.3. The first-order valence-corrected chi connectivity index (χ1v) is 4.87. The van der Waals surface area contributed by atoms with E-state index in [9.17, 15) is 4.79 Å². The topological polar surface area (TPSA) is 26.3 Å². The Morgan fingerprint density at radius 2 is 1.67 bits per heavy atom. The third kappa shape index (κ3) is 2.69. The monoisotopic (exact) mass is 204 g/mol. The van der Waals surface area contributed by atoms with Crippen LogP contribution in [0.4, 0.5) is 0 Å². The van der Waals surface area contributed by atoms with E-state index in [1.807, 2.05) is 32.9 Å². The predicted octanol–water partition coefficient (Wildman–Crippen LogP) is 3.09. The summed E-state index contributed by atoms with van der Waals surface area (Å²) in [6, 6.07) is 3.89. The summed E-state index contributed by atoms with van der Waals surface area (Å²) in [5, 5.41) is 0. The van der Waals surface area contributed by atoms with E-state index < -0.39 is 0 Å². The van der Waals surface area contributed by atoms with Crippen molar-refractivity contribution in [2.24, 2.45) is 0 Å². The van der Waals surface area contributed by atoms with Crippen molar-refractivity contribution in [2.45, 2.75) is 27.7 Å². The molecule has 0 saturated heterocycles. The van der Waals surface area contributed by atoms with Gasteiger partial charge in [-0.3, -0.25) is 0 Å². The number of esters is 1. The van der Waals surface area contributed by atoms with E-state index in [0.29, 0.717) is 11.3 Å². The number of benzene rings is 1. The van der Waals surface area contributed by atoms with E-state index in [4.69, 9.17) is 4.74 Å². The fourth-order valence-corrected chi connectivity index (χ4v) is 1.23. The second-order valence-corrected chi connectivity index (χ2v) is 3.87. The quantitative estimate of drug-likeness (QED) is 0.420. The van der Waals surface area contributed by atoms with Crippen molar-refractivity contribution in [3.63, 3.8) is 0 Å². The molecule has 0 aliphatic rings. The molecule has 0 amide bonds. The van der Waals surface area contributed by atoms with E-state index in [1.165, 1.54) is 5.56 Å². The lowest BCUT2D eigenvalue weighted by Crippen LogP contribution is -2.09. The number of ether oxygens (including phenoxy) is 1. The zero-order chi connectivity index (χ0) is 11.6. The Kier molecular flexibility index (Phi) is 3.30. The Hall–Kier alpha value is -1.57. The average Bonchev–Trinajstić information content (AvgIpc) is 2.13. The van der Waals surface area contributed by atoms with Gasteiger partial charge in [0.2, 0.25) is 0 Å². The molecule has 1 aromatic rings. The van der Waals surface area contributed by atoms with Crippen LogP contribution >= 0.6 is 0 Å². The Bertz CT molecular complexity index is 417. The van der Waals surface area contributed by atoms with Crippen LogP contribution in [0.2, 0.25) is 0 Å². The first kappa shape index (κ1) is 11.5. The van der Waals surface area contributed by atoms with E-state index in [-0.39, 0.29) is 5.97 Å². The number of aryl methyl sites for hydroxylation is 3. The minimum atomic E-state index is -0.374. The van der Waals surface area contributed by atoms with Gasteiger partial charge in [0.1, 0.15) is 5.75 Å². The molecule has 80 valence electrons. The number of carbonyl (C=O) groups is 1. The van der Waals surface area contributed by atoms with E-state index >= 15 is 0 Å². The minimum Gasteiger partial charge on any atom is -0.423 e. The lowest BCUT2D eigenvalue weighted by Gasteiger charge is -2.09. The zero-order valence-electron chi connectivity index (χ0n) is 9.68. The summed E-state index contributed by atoms with van der Waals surface area (Å²) in [7, 11) is 0. The van der Waals surface area contributed by atoms with Gasteiger partial charge < -0.3 is 4.74 Å². The van der Waals surface area contributed by atoms with Crippen molar-refractivity contribution >= 4 is 5.97 Å². The molecule has 0 N–H and O–H groups in total. The van der Waals surface area contributed by atoms with Crippen molar-refractivity contribution in [1.29, 1.82) is 0 Å². The Morgan fingerprint density at radius 3 is 2.20 bits per heavy atom. The molecule has 1 aromatic carbocycles. The summed E-state index contributed by atoms with van der Waals surface area (Å²) < 4.78 is 5.20. The maximum atomic E-state index is 11.3. The first-order valence-electron chi connectivity index (χ1n) is 4.87. The largest absolute Gasteiger partial charge is 0.423 e. The van der Waals surface area contributed by atoms with Gasteiger partial charge in [-0.2, -0.15) is 0 Å². The average molecular weight is 204 g/mol. The zero-order valence-corrected chi connectivity index (χ0v) is 9.68. The van der Waals surface area contributed by atoms with Crippen LogP contribution in [0.5, 0.6) is 5.75 Å². The van der Waals surface area contributed by atoms with Crippen LogP contribution < -0.4 is 4.74 Å². The molecule has 0 aliphatic carbocycles. The second-order valence-electron chi connectivity index (χ2n) is 3.87. The summed E-state index contributed by atoms with van der Waals surface area (Å²) in [6.45, 7) is 11.1. The molecule has 15 heavy (non-hydrogen) atoms. The first-order chi connectivity index (χ1) is 6.91. The van der Waals surface area contributed by atoms with Gasteiger partial charge in [-0.15, -0.1) is 0 Å². The van der Waals surface area contributed by atoms with E-state index in [0.717, 1.165) is 11.1 Å². The molecule has 0 fully saturated rings.